The smallest absolute Gasteiger partial charge is 0.504 e. The SMILES string of the molecule is C=CC(=O)C(CCC(=O)OC)C(=O)C=Cc1ccc(O)c(OC(F)(F)F)c1. The van der Waals surface area contributed by atoms with Gasteiger partial charge in [0.05, 0.1) is 13.0 Å². The zero-order chi connectivity index (χ0) is 20.6. The monoisotopic (exact) mass is 386 g/mol. The lowest BCUT2D eigenvalue weighted by atomic mass is 9.93. The Morgan fingerprint density at radius 2 is 1.93 bits per heavy atom. The van der Waals surface area contributed by atoms with Gasteiger partial charge < -0.3 is 14.6 Å². The summed E-state index contributed by atoms with van der Waals surface area (Å²) in [6.07, 6.45) is -2.16. The molecule has 0 aliphatic carbocycles. The lowest BCUT2D eigenvalue weighted by Gasteiger charge is -2.11. The number of esters is 1. The molecule has 0 radical (unpaired) electrons. The van der Waals surface area contributed by atoms with E-state index < -0.39 is 41.3 Å². The number of alkyl halides is 3. The number of hydrogen-bond acceptors (Lipinski definition) is 6. The van der Waals surface area contributed by atoms with Crippen molar-refractivity contribution in [3.05, 3.63) is 42.5 Å². The summed E-state index contributed by atoms with van der Waals surface area (Å²) in [5, 5.41) is 9.40. The van der Waals surface area contributed by atoms with Gasteiger partial charge in [0.2, 0.25) is 0 Å². The minimum Gasteiger partial charge on any atom is -0.504 e. The molecule has 0 aliphatic rings. The van der Waals surface area contributed by atoms with Gasteiger partial charge in [-0.25, -0.2) is 0 Å². The van der Waals surface area contributed by atoms with Crippen molar-refractivity contribution in [2.75, 3.05) is 7.11 Å². The first-order chi connectivity index (χ1) is 12.6. The normalized spacial score (nSPS) is 12.4. The van der Waals surface area contributed by atoms with Crippen molar-refractivity contribution in [2.24, 2.45) is 5.92 Å². The fourth-order valence-corrected chi connectivity index (χ4v) is 2.07. The number of carbonyl (C=O) groups excluding carboxylic acids is 3. The van der Waals surface area contributed by atoms with Gasteiger partial charge in [-0.15, -0.1) is 13.2 Å². The second kappa shape index (κ2) is 9.56. The third-order valence-electron chi connectivity index (χ3n) is 3.40. The van der Waals surface area contributed by atoms with Crippen LogP contribution >= 0.6 is 0 Å². The predicted octanol–water partition coefficient (Wildman–Crippen LogP) is 3.20. The summed E-state index contributed by atoms with van der Waals surface area (Å²) in [5.74, 6) is -4.58. The number of phenolic OH excluding ortho intramolecular Hbond substituents is 1. The summed E-state index contributed by atoms with van der Waals surface area (Å²) in [7, 11) is 1.17. The third-order valence-corrected chi connectivity index (χ3v) is 3.40. The molecule has 1 atom stereocenters. The van der Waals surface area contributed by atoms with E-state index in [2.05, 4.69) is 16.1 Å². The van der Waals surface area contributed by atoms with E-state index in [9.17, 15) is 32.7 Å². The van der Waals surface area contributed by atoms with Gasteiger partial charge in [-0.1, -0.05) is 18.7 Å². The van der Waals surface area contributed by atoms with Gasteiger partial charge in [0.1, 0.15) is 0 Å². The fraction of sp³-hybridized carbons (Fsp3) is 0.278. The third kappa shape index (κ3) is 7.35. The number of methoxy groups -OCH3 is 1. The summed E-state index contributed by atoms with van der Waals surface area (Å²) in [6.45, 7) is 3.29. The van der Waals surface area contributed by atoms with Gasteiger partial charge in [0.25, 0.3) is 0 Å². The van der Waals surface area contributed by atoms with Gasteiger partial charge >= 0.3 is 12.3 Å². The van der Waals surface area contributed by atoms with Gasteiger partial charge in [0.15, 0.2) is 23.1 Å². The average molecular weight is 386 g/mol. The molecule has 0 spiro atoms. The Hall–Kier alpha value is -3.10. The van der Waals surface area contributed by atoms with Crippen LogP contribution in [0.15, 0.2) is 36.9 Å². The van der Waals surface area contributed by atoms with Crippen molar-refractivity contribution in [2.45, 2.75) is 19.2 Å². The molecule has 0 fully saturated rings. The maximum Gasteiger partial charge on any atom is 0.573 e. The number of allylic oxidation sites excluding steroid dienone is 2. The van der Waals surface area contributed by atoms with Crippen molar-refractivity contribution in [3.8, 4) is 11.5 Å². The van der Waals surface area contributed by atoms with E-state index in [1.807, 2.05) is 0 Å². The van der Waals surface area contributed by atoms with Crippen molar-refractivity contribution >= 4 is 23.6 Å². The lowest BCUT2D eigenvalue weighted by Crippen LogP contribution is -2.22. The average Bonchev–Trinajstić information content (AvgIpc) is 2.60. The standard InChI is InChI=1S/C18H17F3O6/c1-3-13(22)12(6-9-17(25)26-2)14(23)7-4-11-5-8-15(24)16(10-11)27-18(19,20)21/h3-5,7-8,10,12,24H,1,6,9H2,2H3. The van der Waals surface area contributed by atoms with Crippen LogP contribution in [0.5, 0.6) is 11.5 Å². The number of rotatable bonds is 9. The van der Waals surface area contributed by atoms with E-state index >= 15 is 0 Å². The molecular weight excluding hydrogens is 369 g/mol. The Bertz CT molecular complexity index is 752. The van der Waals surface area contributed by atoms with Gasteiger partial charge in [0, 0.05) is 6.42 Å². The summed E-state index contributed by atoms with van der Waals surface area (Å²) < 4.78 is 45.0. The zero-order valence-corrected chi connectivity index (χ0v) is 14.3. The number of carbonyl (C=O) groups is 3. The van der Waals surface area contributed by atoms with E-state index in [0.717, 1.165) is 30.4 Å². The Labute approximate surface area is 152 Å². The highest BCUT2D eigenvalue weighted by molar-refractivity contribution is 6.12. The van der Waals surface area contributed by atoms with E-state index in [0.29, 0.717) is 0 Å². The molecule has 1 aromatic rings. The quantitative estimate of drug-likeness (QED) is 0.398. The molecular formula is C18H17F3O6. The molecule has 0 amide bonds. The van der Waals surface area contributed by atoms with Crippen LogP contribution in [0.25, 0.3) is 6.08 Å². The number of benzene rings is 1. The molecule has 27 heavy (non-hydrogen) atoms. The molecule has 0 aromatic heterocycles. The first kappa shape index (κ1) is 21.9. The summed E-state index contributed by atoms with van der Waals surface area (Å²) >= 11 is 0. The predicted molar refractivity (Wildman–Crippen MR) is 88.8 cm³/mol. The van der Waals surface area contributed by atoms with Crippen LogP contribution in [-0.4, -0.2) is 36.1 Å². The molecule has 0 heterocycles. The van der Waals surface area contributed by atoms with Crippen LogP contribution < -0.4 is 4.74 Å². The largest absolute Gasteiger partial charge is 0.573 e. The van der Waals surface area contributed by atoms with Crippen LogP contribution in [0.4, 0.5) is 13.2 Å². The summed E-state index contributed by atoms with van der Waals surface area (Å²) in [6, 6.07) is 3.10. The van der Waals surface area contributed by atoms with Gasteiger partial charge in [-0.2, -0.15) is 0 Å². The number of hydrogen-bond donors (Lipinski definition) is 1. The Kier molecular flexibility index (Phi) is 7.77. The minimum atomic E-state index is -5.00. The summed E-state index contributed by atoms with van der Waals surface area (Å²) in [5.41, 5.74) is 0.123. The molecule has 0 aliphatic heterocycles. The molecule has 6 nitrogen and oxygen atoms in total. The molecule has 1 unspecified atom stereocenters. The van der Waals surface area contributed by atoms with Gasteiger partial charge in [-0.3, -0.25) is 14.4 Å². The van der Waals surface area contributed by atoms with Crippen LogP contribution in [0.1, 0.15) is 18.4 Å². The lowest BCUT2D eigenvalue weighted by molar-refractivity contribution is -0.275. The highest BCUT2D eigenvalue weighted by atomic mass is 19.4. The molecule has 0 saturated carbocycles. The molecule has 1 N–H and O–H groups in total. The van der Waals surface area contributed by atoms with Crippen LogP contribution in [-0.2, 0) is 19.1 Å². The number of ether oxygens (including phenoxy) is 2. The van der Waals surface area contributed by atoms with Gasteiger partial charge in [-0.05, 0) is 36.3 Å². The molecule has 1 aromatic carbocycles. The fourth-order valence-electron chi connectivity index (χ4n) is 2.07. The van der Waals surface area contributed by atoms with Crippen molar-refractivity contribution in [1.29, 1.82) is 0 Å². The number of halogens is 3. The van der Waals surface area contributed by atoms with Crippen LogP contribution in [0, 0.1) is 5.92 Å². The van der Waals surface area contributed by atoms with E-state index in [1.165, 1.54) is 13.2 Å². The highest BCUT2D eigenvalue weighted by Crippen LogP contribution is 2.32. The Balaban J connectivity index is 2.96. The first-order valence-corrected chi connectivity index (χ1v) is 7.61. The second-order valence-corrected chi connectivity index (χ2v) is 5.28. The molecule has 9 heteroatoms. The summed E-state index contributed by atoms with van der Waals surface area (Å²) in [4.78, 5) is 35.2. The Morgan fingerprint density at radius 3 is 2.48 bits per heavy atom. The number of ketones is 2. The van der Waals surface area contributed by atoms with E-state index in [1.54, 1.807) is 0 Å². The maximum atomic E-state index is 12.3. The highest BCUT2D eigenvalue weighted by Gasteiger charge is 2.32. The van der Waals surface area contributed by atoms with Crippen molar-refractivity contribution in [1.82, 2.24) is 0 Å². The van der Waals surface area contributed by atoms with E-state index in [4.69, 9.17) is 0 Å². The number of phenols is 1. The molecule has 0 bridgehead atoms. The van der Waals surface area contributed by atoms with Crippen LogP contribution in [0.3, 0.4) is 0 Å². The maximum absolute atomic E-state index is 12.3. The second-order valence-electron chi connectivity index (χ2n) is 5.28. The van der Waals surface area contributed by atoms with Crippen LogP contribution in [0.2, 0.25) is 0 Å². The Morgan fingerprint density at radius 1 is 1.26 bits per heavy atom. The van der Waals surface area contributed by atoms with E-state index in [-0.39, 0.29) is 18.4 Å². The van der Waals surface area contributed by atoms with Crippen molar-refractivity contribution < 1.29 is 42.1 Å². The topological polar surface area (TPSA) is 89.9 Å². The molecule has 0 saturated heterocycles. The molecule has 146 valence electrons. The number of aromatic hydroxyl groups is 1. The zero-order valence-electron chi connectivity index (χ0n) is 14.3. The van der Waals surface area contributed by atoms with Crippen molar-refractivity contribution in [3.63, 3.8) is 0 Å². The minimum absolute atomic E-state index is 0.0985. The molecule has 1 rings (SSSR count). The first-order valence-electron chi connectivity index (χ1n) is 7.61.